The molecular formula is C20H36. The lowest BCUT2D eigenvalue weighted by atomic mass is 9.61. The minimum Gasteiger partial charge on any atom is -0.0883 e. The van der Waals surface area contributed by atoms with Crippen LogP contribution in [-0.4, -0.2) is 0 Å². The van der Waals surface area contributed by atoms with E-state index in [9.17, 15) is 0 Å². The van der Waals surface area contributed by atoms with E-state index >= 15 is 0 Å². The summed E-state index contributed by atoms with van der Waals surface area (Å²) in [6, 6.07) is 0. The van der Waals surface area contributed by atoms with Crippen LogP contribution in [0, 0.1) is 35.5 Å². The zero-order chi connectivity index (χ0) is 14.5. The number of hydrogen-bond acceptors (Lipinski definition) is 0. The quantitative estimate of drug-likeness (QED) is 0.516. The van der Waals surface area contributed by atoms with Crippen molar-refractivity contribution in [2.75, 3.05) is 0 Å². The lowest BCUT2D eigenvalue weighted by Gasteiger charge is -2.44. The van der Waals surface area contributed by atoms with Crippen molar-refractivity contribution in [1.29, 1.82) is 0 Å². The zero-order valence-electron chi connectivity index (χ0n) is 14.3. The molecule has 0 spiro atoms. The smallest absolute Gasteiger partial charge is 0.0233 e. The predicted octanol–water partition coefficient (Wildman–Crippen LogP) is 6.47. The first-order valence-electron chi connectivity index (χ1n) is 9.30. The Labute approximate surface area is 127 Å². The Morgan fingerprint density at radius 3 is 2.20 bits per heavy atom. The van der Waals surface area contributed by atoms with Gasteiger partial charge in [-0.25, -0.2) is 0 Å². The molecule has 0 amide bonds. The Hall–Kier alpha value is -0.260. The summed E-state index contributed by atoms with van der Waals surface area (Å²) < 4.78 is 0. The highest BCUT2D eigenvalue weighted by molar-refractivity contribution is 4.93. The van der Waals surface area contributed by atoms with Crippen LogP contribution in [0.3, 0.4) is 0 Å². The summed E-state index contributed by atoms with van der Waals surface area (Å²) in [5.41, 5.74) is 0. The maximum Gasteiger partial charge on any atom is -0.0233 e. The van der Waals surface area contributed by atoms with Gasteiger partial charge in [0.1, 0.15) is 0 Å². The molecule has 4 atom stereocenters. The molecule has 0 heterocycles. The summed E-state index contributed by atoms with van der Waals surface area (Å²) in [4.78, 5) is 0. The minimum absolute atomic E-state index is 0.896. The molecule has 0 aromatic rings. The molecule has 0 saturated heterocycles. The lowest BCUT2D eigenvalue weighted by molar-refractivity contribution is 0.0614. The molecule has 0 aromatic carbocycles. The van der Waals surface area contributed by atoms with E-state index in [0.29, 0.717) is 0 Å². The molecular weight excluding hydrogens is 240 g/mol. The Morgan fingerprint density at radius 1 is 0.850 bits per heavy atom. The van der Waals surface area contributed by atoms with E-state index in [2.05, 4.69) is 39.8 Å². The third-order valence-electron chi connectivity index (χ3n) is 6.64. The molecule has 4 unspecified atom stereocenters. The van der Waals surface area contributed by atoms with E-state index in [1.165, 1.54) is 51.4 Å². The average molecular weight is 277 g/mol. The molecule has 0 heteroatoms. The lowest BCUT2D eigenvalue weighted by Crippen LogP contribution is -2.35. The Balaban J connectivity index is 1.81. The zero-order valence-corrected chi connectivity index (χ0v) is 14.3. The van der Waals surface area contributed by atoms with Crippen molar-refractivity contribution in [3.05, 3.63) is 12.2 Å². The van der Waals surface area contributed by atoms with Gasteiger partial charge >= 0.3 is 0 Å². The van der Waals surface area contributed by atoms with Gasteiger partial charge in [0.25, 0.3) is 0 Å². The van der Waals surface area contributed by atoms with Crippen molar-refractivity contribution in [1.82, 2.24) is 0 Å². The summed E-state index contributed by atoms with van der Waals surface area (Å²) in [6.07, 6.45) is 16.4. The van der Waals surface area contributed by atoms with Gasteiger partial charge in [0.05, 0.1) is 0 Å². The fourth-order valence-corrected chi connectivity index (χ4v) is 4.78. The topological polar surface area (TPSA) is 0 Å². The van der Waals surface area contributed by atoms with Crippen molar-refractivity contribution in [3.8, 4) is 0 Å². The molecule has 0 aromatic heterocycles. The molecule has 2 aliphatic carbocycles. The highest BCUT2D eigenvalue weighted by Gasteiger charge is 2.37. The first kappa shape index (κ1) is 16.1. The van der Waals surface area contributed by atoms with Gasteiger partial charge in [0, 0.05) is 0 Å². The van der Waals surface area contributed by atoms with Crippen LogP contribution in [0.15, 0.2) is 12.2 Å². The number of rotatable bonds is 4. The second kappa shape index (κ2) is 7.66. The van der Waals surface area contributed by atoms with E-state index in [4.69, 9.17) is 0 Å². The fraction of sp³-hybridized carbons (Fsp3) is 0.900. The summed E-state index contributed by atoms with van der Waals surface area (Å²) in [7, 11) is 0. The highest BCUT2D eigenvalue weighted by atomic mass is 14.4. The molecule has 2 rings (SSSR count). The molecule has 2 aliphatic rings. The van der Waals surface area contributed by atoms with E-state index in [0.717, 1.165) is 35.5 Å². The van der Waals surface area contributed by atoms with E-state index in [1.54, 1.807) is 0 Å². The Bertz CT molecular complexity index is 295. The number of hydrogen-bond donors (Lipinski definition) is 0. The van der Waals surface area contributed by atoms with Crippen LogP contribution in [0.4, 0.5) is 0 Å². The number of unbranched alkanes of at least 4 members (excludes halogenated alkanes) is 1. The highest BCUT2D eigenvalue weighted by Crippen LogP contribution is 2.46. The normalized spacial score (nSPS) is 43.0. The average Bonchev–Trinajstić information content (AvgIpc) is 2.46. The molecule has 0 radical (unpaired) electrons. The maximum atomic E-state index is 2.54. The van der Waals surface area contributed by atoms with Gasteiger partial charge in [-0.2, -0.15) is 0 Å². The summed E-state index contributed by atoms with van der Waals surface area (Å²) in [6.45, 7) is 9.78. The first-order chi connectivity index (χ1) is 9.63. The minimum atomic E-state index is 0.896. The van der Waals surface area contributed by atoms with E-state index in [-0.39, 0.29) is 0 Å². The van der Waals surface area contributed by atoms with Crippen molar-refractivity contribution in [3.63, 3.8) is 0 Å². The first-order valence-corrected chi connectivity index (χ1v) is 9.30. The standard InChI is InChI=1S/C20H36/c1-5-6-7-8-18-10-12-19(13-11-18)20-14-9-15(2)16(3)17(20)4/h7-8,15-20H,5-6,9-14H2,1-4H3/b8-7+. The molecule has 0 nitrogen and oxygen atoms in total. The van der Waals surface area contributed by atoms with Crippen molar-refractivity contribution in [2.24, 2.45) is 35.5 Å². The summed E-state index contributed by atoms with van der Waals surface area (Å²) in [5, 5.41) is 0. The van der Waals surface area contributed by atoms with Crippen molar-refractivity contribution < 1.29 is 0 Å². The van der Waals surface area contributed by atoms with Gasteiger partial charge in [0.15, 0.2) is 0 Å². The van der Waals surface area contributed by atoms with Crippen LogP contribution in [0.2, 0.25) is 0 Å². The van der Waals surface area contributed by atoms with Crippen LogP contribution in [0.1, 0.15) is 79.1 Å². The molecule has 0 aliphatic heterocycles. The molecule has 0 bridgehead atoms. The Kier molecular flexibility index (Phi) is 6.18. The summed E-state index contributed by atoms with van der Waals surface area (Å²) >= 11 is 0. The van der Waals surface area contributed by atoms with Crippen LogP contribution >= 0.6 is 0 Å². The molecule has 2 fully saturated rings. The van der Waals surface area contributed by atoms with Crippen LogP contribution < -0.4 is 0 Å². The van der Waals surface area contributed by atoms with Crippen LogP contribution in [0.25, 0.3) is 0 Å². The molecule has 116 valence electrons. The third kappa shape index (κ3) is 3.89. The second-order valence-corrected chi connectivity index (χ2v) is 7.83. The van der Waals surface area contributed by atoms with Crippen LogP contribution in [-0.2, 0) is 0 Å². The van der Waals surface area contributed by atoms with Gasteiger partial charge in [-0.15, -0.1) is 0 Å². The van der Waals surface area contributed by atoms with Crippen molar-refractivity contribution >= 4 is 0 Å². The second-order valence-electron chi connectivity index (χ2n) is 7.83. The Morgan fingerprint density at radius 2 is 1.55 bits per heavy atom. The fourth-order valence-electron chi connectivity index (χ4n) is 4.78. The summed E-state index contributed by atoms with van der Waals surface area (Å²) in [5.74, 6) is 5.81. The van der Waals surface area contributed by atoms with E-state index in [1.807, 2.05) is 0 Å². The molecule has 0 N–H and O–H groups in total. The monoisotopic (exact) mass is 276 g/mol. The van der Waals surface area contributed by atoms with Gasteiger partial charge in [-0.05, 0) is 74.0 Å². The van der Waals surface area contributed by atoms with Crippen molar-refractivity contribution in [2.45, 2.75) is 79.1 Å². The van der Waals surface area contributed by atoms with Crippen LogP contribution in [0.5, 0.6) is 0 Å². The molecule has 20 heavy (non-hydrogen) atoms. The SMILES string of the molecule is CCC/C=C/C1CCC(C2CCC(C)C(C)C2C)CC1. The van der Waals surface area contributed by atoms with Gasteiger partial charge in [-0.1, -0.05) is 52.7 Å². The van der Waals surface area contributed by atoms with Gasteiger partial charge in [-0.3, -0.25) is 0 Å². The van der Waals surface area contributed by atoms with E-state index < -0.39 is 0 Å². The number of allylic oxidation sites excluding steroid dienone is 2. The third-order valence-corrected chi connectivity index (χ3v) is 6.64. The predicted molar refractivity (Wildman–Crippen MR) is 89.7 cm³/mol. The van der Waals surface area contributed by atoms with Gasteiger partial charge in [0.2, 0.25) is 0 Å². The maximum absolute atomic E-state index is 2.54. The largest absolute Gasteiger partial charge is 0.0883 e. The van der Waals surface area contributed by atoms with Gasteiger partial charge < -0.3 is 0 Å². The molecule has 2 saturated carbocycles.